The number of carbonyl (C=O) groups excluding carboxylic acids is 1. The molecule has 0 radical (unpaired) electrons. The molecule has 1 aromatic rings. The molecule has 0 bridgehead atoms. The third-order valence-electron chi connectivity index (χ3n) is 3.52. The van der Waals surface area contributed by atoms with E-state index in [1.54, 1.807) is 11.3 Å². The van der Waals surface area contributed by atoms with E-state index in [-0.39, 0.29) is 5.91 Å². The molecule has 1 saturated heterocycles. The van der Waals surface area contributed by atoms with Crippen LogP contribution in [0.15, 0.2) is 6.20 Å². The van der Waals surface area contributed by atoms with Crippen molar-refractivity contribution in [3.8, 4) is 0 Å². The van der Waals surface area contributed by atoms with Crippen molar-refractivity contribution < 1.29 is 4.79 Å². The fraction of sp³-hybridized carbons (Fsp3) is 0.714. The molecule has 2 N–H and O–H groups in total. The molecule has 1 aromatic heterocycles. The van der Waals surface area contributed by atoms with Crippen LogP contribution < -0.4 is 10.6 Å². The second kappa shape index (κ2) is 7.60. The van der Waals surface area contributed by atoms with Crippen LogP contribution in [0.2, 0.25) is 0 Å². The maximum Gasteiger partial charge on any atom is 0.220 e. The molecule has 0 aliphatic carbocycles. The van der Waals surface area contributed by atoms with Crippen LogP contribution >= 0.6 is 11.3 Å². The molecule has 1 unspecified atom stereocenters. The summed E-state index contributed by atoms with van der Waals surface area (Å²) in [6.45, 7) is 3.79. The first-order valence-corrected chi connectivity index (χ1v) is 8.03. The summed E-state index contributed by atoms with van der Waals surface area (Å²) in [6.07, 6.45) is 8.25. The maximum atomic E-state index is 11.8. The molecular weight excluding hydrogens is 258 g/mol. The first-order chi connectivity index (χ1) is 9.28. The SMILES string of the molecule is CCc1cnc(CNC(=O)CCC2CCCCN2)s1. The van der Waals surface area contributed by atoms with Crippen LogP contribution in [0.3, 0.4) is 0 Å². The van der Waals surface area contributed by atoms with Gasteiger partial charge in [-0.1, -0.05) is 13.3 Å². The molecule has 0 spiro atoms. The van der Waals surface area contributed by atoms with Crippen LogP contribution in [0.1, 0.15) is 48.9 Å². The molecule has 2 rings (SSSR count). The molecule has 4 nitrogen and oxygen atoms in total. The molecule has 0 saturated carbocycles. The third-order valence-corrected chi connectivity index (χ3v) is 4.66. The number of hydrogen-bond donors (Lipinski definition) is 2. The molecule has 1 aliphatic rings. The first-order valence-electron chi connectivity index (χ1n) is 7.21. The smallest absolute Gasteiger partial charge is 0.220 e. The summed E-state index contributed by atoms with van der Waals surface area (Å²) in [5.41, 5.74) is 0. The summed E-state index contributed by atoms with van der Waals surface area (Å²) < 4.78 is 0. The number of amides is 1. The first kappa shape index (κ1) is 14.5. The van der Waals surface area contributed by atoms with Crippen molar-refractivity contribution in [2.75, 3.05) is 6.54 Å². The Morgan fingerprint density at radius 1 is 1.58 bits per heavy atom. The molecule has 1 fully saturated rings. The lowest BCUT2D eigenvalue weighted by atomic mass is 10.0. The third kappa shape index (κ3) is 4.91. The number of rotatable bonds is 6. The topological polar surface area (TPSA) is 54.0 Å². The second-order valence-electron chi connectivity index (χ2n) is 5.04. The molecule has 106 valence electrons. The van der Waals surface area contributed by atoms with Crippen molar-refractivity contribution in [3.05, 3.63) is 16.1 Å². The summed E-state index contributed by atoms with van der Waals surface area (Å²) in [4.78, 5) is 17.3. The van der Waals surface area contributed by atoms with Gasteiger partial charge in [0.2, 0.25) is 5.91 Å². The van der Waals surface area contributed by atoms with Crippen LogP contribution in [0, 0.1) is 0 Å². The van der Waals surface area contributed by atoms with Crippen LogP contribution in [0.5, 0.6) is 0 Å². The monoisotopic (exact) mass is 281 g/mol. The van der Waals surface area contributed by atoms with Crippen molar-refractivity contribution >= 4 is 17.2 Å². The summed E-state index contributed by atoms with van der Waals surface area (Å²) in [7, 11) is 0. The van der Waals surface area contributed by atoms with Gasteiger partial charge in [0, 0.05) is 23.5 Å². The number of hydrogen-bond acceptors (Lipinski definition) is 4. The Labute approximate surface area is 119 Å². The van der Waals surface area contributed by atoms with Crippen molar-refractivity contribution in [1.82, 2.24) is 15.6 Å². The van der Waals surface area contributed by atoms with Crippen molar-refractivity contribution in [3.63, 3.8) is 0 Å². The second-order valence-corrected chi connectivity index (χ2v) is 6.24. The van der Waals surface area contributed by atoms with Gasteiger partial charge in [0.15, 0.2) is 0 Å². The Balaban J connectivity index is 1.63. The molecule has 2 heterocycles. The quantitative estimate of drug-likeness (QED) is 0.841. The standard InChI is InChI=1S/C14H23N3OS/c1-2-12-9-17-14(19-12)10-16-13(18)7-6-11-5-3-4-8-15-11/h9,11,15H,2-8,10H2,1H3,(H,16,18). The molecule has 19 heavy (non-hydrogen) atoms. The fourth-order valence-corrected chi connectivity index (χ4v) is 3.13. The normalized spacial score (nSPS) is 19.3. The Bertz CT molecular complexity index is 399. The number of thiazole rings is 1. The van der Waals surface area contributed by atoms with Crippen LogP contribution in [-0.2, 0) is 17.8 Å². The number of aryl methyl sites for hydroxylation is 1. The molecule has 1 amide bonds. The molecular formula is C14H23N3OS. The highest BCUT2D eigenvalue weighted by molar-refractivity contribution is 7.11. The van der Waals surface area contributed by atoms with E-state index in [0.717, 1.165) is 24.4 Å². The number of carbonyl (C=O) groups is 1. The van der Waals surface area contributed by atoms with Gasteiger partial charge in [-0.2, -0.15) is 0 Å². The Hall–Kier alpha value is -0.940. The predicted molar refractivity (Wildman–Crippen MR) is 78.2 cm³/mol. The summed E-state index contributed by atoms with van der Waals surface area (Å²) in [6, 6.07) is 0.533. The number of piperidine rings is 1. The average Bonchev–Trinajstić information content (AvgIpc) is 2.92. The number of nitrogens with zero attached hydrogens (tertiary/aromatic N) is 1. The highest BCUT2D eigenvalue weighted by atomic mass is 32.1. The number of aromatic nitrogens is 1. The average molecular weight is 281 g/mol. The molecule has 0 aromatic carbocycles. The molecule has 1 aliphatic heterocycles. The van der Waals surface area contributed by atoms with Gasteiger partial charge in [-0.15, -0.1) is 11.3 Å². The molecule has 1 atom stereocenters. The van der Waals surface area contributed by atoms with Crippen LogP contribution in [-0.4, -0.2) is 23.5 Å². The van der Waals surface area contributed by atoms with Gasteiger partial charge in [-0.25, -0.2) is 4.98 Å². The Morgan fingerprint density at radius 3 is 3.16 bits per heavy atom. The Kier molecular flexibility index (Phi) is 5.79. The minimum Gasteiger partial charge on any atom is -0.350 e. The lowest BCUT2D eigenvalue weighted by molar-refractivity contribution is -0.121. The van der Waals surface area contributed by atoms with E-state index in [1.807, 2.05) is 6.20 Å². The molecule has 5 heteroatoms. The van der Waals surface area contributed by atoms with Crippen molar-refractivity contribution in [1.29, 1.82) is 0 Å². The van der Waals surface area contributed by atoms with Gasteiger partial charge in [0.1, 0.15) is 5.01 Å². The summed E-state index contributed by atoms with van der Waals surface area (Å²) in [5, 5.41) is 7.43. The van der Waals surface area contributed by atoms with Gasteiger partial charge in [0.25, 0.3) is 0 Å². The minimum absolute atomic E-state index is 0.139. The highest BCUT2D eigenvalue weighted by Gasteiger charge is 2.14. The Morgan fingerprint density at radius 2 is 2.47 bits per heavy atom. The number of nitrogens with one attached hydrogen (secondary N) is 2. The predicted octanol–water partition coefficient (Wildman–Crippen LogP) is 2.24. The maximum absolute atomic E-state index is 11.8. The van der Waals surface area contributed by atoms with Crippen molar-refractivity contribution in [2.24, 2.45) is 0 Å². The van der Waals surface area contributed by atoms with E-state index in [1.165, 1.54) is 24.1 Å². The van der Waals surface area contributed by atoms with Gasteiger partial charge in [-0.3, -0.25) is 4.79 Å². The van der Waals surface area contributed by atoms with Gasteiger partial charge in [-0.05, 0) is 32.2 Å². The zero-order valence-electron chi connectivity index (χ0n) is 11.6. The van der Waals surface area contributed by atoms with E-state index in [2.05, 4.69) is 22.5 Å². The van der Waals surface area contributed by atoms with Gasteiger partial charge < -0.3 is 10.6 Å². The van der Waals surface area contributed by atoms with E-state index in [4.69, 9.17) is 0 Å². The van der Waals surface area contributed by atoms with Crippen LogP contribution in [0.4, 0.5) is 0 Å². The largest absolute Gasteiger partial charge is 0.350 e. The highest BCUT2D eigenvalue weighted by Crippen LogP contribution is 2.14. The summed E-state index contributed by atoms with van der Waals surface area (Å²) >= 11 is 1.68. The minimum atomic E-state index is 0.139. The lowest BCUT2D eigenvalue weighted by Crippen LogP contribution is -2.35. The van der Waals surface area contributed by atoms with Gasteiger partial charge in [0.05, 0.1) is 6.54 Å². The zero-order valence-corrected chi connectivity index (χ0v) is 12.4. The van der Waals surface area contributed by atoms with Crippen LogP contribution in [0.25, 0.3) is 0 Å². The fourth-order valence-electron chi connectivity index (χ4n) is 2.33. The van der Waals surface area contributed by atoms with Crippen molar-refractivity contribution in [2.45, 2.75) is 58.0 Å². The summed E-state index contributed by atoms with van der Waals surface area (Å²) in [5.74, 6) is 0.139. The van der Waals surface area contributed by atoms with Gasteiger partial charge >= 0.3 is 0 Å². The van der Waals surface area contributed by atoms with E-state index in [9.17, 15) is 4.79 Å². The zero-order chi connectivity index (χ0) is 13.5. The van der Waals surface area contributed by atoms with E-state index < -0.39 is 0 Å². The van der Waals surface area contributed by atoms with E-state index in [0.29, 0.717) is 19.0 Å². The lowest BCUT2D eigenvalue weighted by Gasteiger charge is -2.22. The van der Waals surface area contributed by atoms with E-state index >= 15 is 0 Å².